The van der Waals surface area contributed by atoms with Crippen molar-refractivity contribution in [2.24, 2.45) is 28.6 Å². The lowest BCUT2D eigenvalue weighted by atomic mass is 9.45. The number of carbonyl (C=O) groups excluding carboxylic acids is 3. The van der Waals surface area contributed by atoms with E-state index in [9.17, 15) is 24.6 Å². The van der Waals surface area contributed by atoms with Crippen LogP contribution in [0.4, 0.5) is 0 Å². The van der Waals surface area contributed by atoms with E-state index in [1.807, 2.05) is 6.92 Å². The normalized spacial score (nSPS) is 39.5. The van der Waals surface area contributed by atoms with Crippen molar-refractivity contribution in [2.75, 3.05) is 6.61 Å². The van der Waals surface area contributed by atoms with Crippen molar-refractivity contribution >= 4 is 29.1 Å². The Hall–Kier alpha value is -2.02. The Balaban J connectivity index is 1.34. The van der Waals surface area contributed by atoms with Gasteiger partial charge in [-0.2, -0.15) is 0 Å². The zero-order valence-electron chi connectivity index (χ0n) is 21.0. The first-order valence-corrected chi connectivity index (χ1v) is 13.6. The van der Waals surface area contributed by atoms with Gasteiger partial charge in [-0.15, -0.1) is 11.6 Å². The lowest BCUT2D eigenvalue weighted by Gasteiger charge is -2.60. The number of alkyl halides is 1. The van der Waals surface area contributed by atoms with Gasteiger partial charge >= 0.3 is 5.97 Å². The molecule has 0 aliphatic heterocycles. The second kappa shape index (κ2) is 9.07. The molecular weight excluding hydrogens is 480 g/mol. The number of esters is 1. The second-order valence-electron chi connectivity index (χ2n) is 11.8. The highest BCUT2D eigenvalue weighted by molar-refractivity contribution is 6.17. The third kappa shape index (κ3) is 3.79. The maximum absolute atomic E-state index is 13.4. The van der Waals surface area contributed by atoms with Crippen LogP contribution < -0.4 is 0 Å². The summed E-state index contributed by atoms with van der Waals surface area (Å²) in [5.74, 6) is -0.464. The molecule has 4 aliphatic carbocycles. The minimum absolute atomic E-state index is 0.00756. The number of ketones is 2. The maximum atomic E-state index is 13.4. The van der Waals surface area contributed by atoms with E-state index in [4.69, 9.17) is 16.3 Å². The van der Waals surface area contributed by atoms with E-state index in [0.717, 1.165) is 30.4 Å². The summed E-state index contributed by atoms with van der Waals surface area (Å²) in [4.78, 5) is 38.0. The van der Waals surface area contributed by atoms with Crippen LogP contribution in [0.25, 0.3) is 0 Å². The molecule has 0 amide bonds. The lowest BCUT2D eigenvalue weighted by Crippen LogP contribution is -2.62. The van der Waals surface area contributed by atoms with E-state index in [-0.39, 0.29) is 34.8 Å². The van der Waals surface area contributed by atoms with Gasteiger partial charge in [0.1, 0.15) is 5.60 Å². The molecule has 2 N–H and O–H groups in total. The number of carbonyl (C=O) groups is 3. The number of rotatable bonds is 5. The molecule has 0 radical (unpaired) electrons. The minimum atomic E-state index is -1.67. The van der Waals surface area contributed by atoms with Crippen LogP contribution in [0.3, 0.4) is 0 Å². The summed E-state index contributed by atoms with van der Waals surface area (Å²) >= 11 is 5.85. The smallest absolute Gasteiger partial charge is 0.338 e. The Kier molecular flexibility index (Phi) is 6.46. The van der Waals surface area contributed by atoms with Crippen molar-refractivity contribution in [3.8, 4) is 0 Å². The van der Waals surface area contributed by atoms with Crippen molar-refractivity contribution in [1.82, 2.24) is 0 Å². The highest BCUT2D eigenvalue weighted by Crippen LogP contribution is 2.67. The van der Waals surface area contributed by atoms with Crippen LogP contribution in [-0.2, 0) is 20.2 Å². The summed E-state index contributed by atoms with van der Waals surface area (Å²) in [5.41, 5.74) is -0.467. The average Bonchev–Trinajstić information content (AvgIpc) is 3.13. The Morgan fingerprint density at radius 2 is 1.94 bits per heavy atom. The van der Waals surface area contributed by atoms with Crippen molar-refractivity contribution in [3.05, 3.63) is 47.0 Å². The fourth-order valence-corrected chi connectivity index (χ4v) is 8.43. The van der Waals surface area contributed by atoms with Crippen LogP contribution >= 0.6 is 11.6 Å². The molecule has 0 spiro atoms. The van der Waals surface area contributed by atoms with Crippen molar-refractivity contribution in [3.63, 3.8) is 0 Å². The maximum Gasteiger partial charge on any atom is 0.338 e. The SMILES string of the molecule is C[C@]12CCC(=O)C=C1CC[C@@H]1[C@@H]2[C@@H](O)C[C@@]2(C)[C@H]1CC[C@]2(O)C(=O)COC(=O)c1cccc(CCl)c1. The molecule has 0 saturated heterocycles. The Morgan fingerprint density at radius 3 is 2.69 bits per heavy atom. The monoisotopic (exact) mass is 514 g/mol. The number of hydrogen-bond donors (Lipinski definition) is 2. The quantitative estimate of drug-likeness (QED) is 0.446. The molecular formula is C29H35ClO6. The van der Waals surface area contributed by atoms with Crippen molar-refractivity contribution < 1.29 is 29.3 Å². The average molecular weight is 515 g/mol. The van der Waals surface area contributed by atoms with Crippen LogP contribution in [0.2, 0.25) is 0 Å². The molecule has 3 fully saturated rings. The van der Waals surface area contributed by atoms with Gasteiger partial charge < -0.3 is 14.9 Å². The fourth-order valence-electron chi connectivity index (χ4n) is 8.27. The van der Waals surface area contributed by atoms with Gasteiger partial charge in [-0.05, 0) is 85.5 Å². The molecule has 1 aromatic carbocycles. The topological polar surface area (TPSA) is 101 Å². The van der Waals surface area contributed by atoms with Gasteiger partial charge in [-0.3, -0.25) is 9.59 Å². The standard InChI is InChI=1S/C29H35ClO6/c1-27-10-8-20(31)13-19(27)6-7-21-22-9-11-29(35,28(22,2)14-23(32)25(21)27)24(33)16-36-26(34)18-5-3-4-17(12-18)15-30/h3-5,12-13,21-23,25,32,35H,6-11,14-16H2,1-2H3/t21-,22-,23-,25+,27-,28-,29-/m0/s1. The molecule has 7 atom stereocenters. The molecule has 3 saturated carbocycles. The number of fused-ring (bicyclic) bond motifs is 5. The molecule has 0 unspecified atom stereocenters. The first kappa shape index (κ1) is 25.6. The van der Waals surface area contributed by atoms with Gasteiger partial charge in [0, 0.05) is 17.7 Å². The first-order chi connectivity index (χ1) is 17.0. The lowest BCUT2D eigenvalue weighted by molar-refractivity contribution is -0.182. The molecule has 0 bridgehead atoms. The van der Waals surface area contributed by atoms with E-state index in [1.54, 1.807) is 30.3 Å². The van der Waals surface area contributed by atoms with Crippen LogP contribution in [0.1, 0.15) is 74.7 Å². The summed E-state index contributed by atoms with van der Waals surface area (Å²) in [7, 11) is 0. The second-order valence-corrected chi connectivity index (χ2v) is 12.1. The predicted octanol–water partition coefficient (Wildman–Crippen LogP) is 4.39. The molecule has 5 rings (SSSR count). The molecule has 6 nitrogen and oxygen atoms in total. The van der Waals surface area contributed by atoms with Crippen molar-refractivity contribution in [2.45, 2.75) is 76.4 Å². The van der Waals surface area contributed by atoms with Crippen LogP contribution in [-0.4, -0.2) is 46.1 Å². The van der Waals surface area contributed by atoms with Crippen LogP contribution in [0.15, 0.2) is 35.9 Å². The van der Waals surface area contributed by atoms with Gasteiger partial charge in [0.25, 0.3) is 0 Å². The fraction of sp³-hybridized carbons (Fsp3) is 0.621. The summed E-state index contributed by atoms with van der Waals surface area (Å²) in [6.45, 7) is 3.59. The number of aliphatic hydroxyl groups excluding tert-OH is 1. The third-order valence-corrected chi connectivity index (χ3v) is 10.5. The summed E-state index contributed by atoms with van der Waals surface area (Å²) in [5, 5.41) is 23.3. The minimum Gasteiger partial charge on any atom is -0.454 e. The summed E-state index contributed by atoms with van der Waals surface area (Å²) in [6.07, 6.45) is 5.29. The zero-order valence-corrected chi connectivity index (χ0v) is 21.7. The van der Waals surface area contributed by atoms with E-state index in [1.165, 1.54) is 0 Å². The van der Waals surface area contributed by atoms with E-state index in [0.29, 0.717) is 31.2 Å². The largest absolute Gasteiger partial charge is 0.454 e. The Bertz CT molecular complexity index is 1130. The number of benzene rings is 1. The van der Waals surface area contributed by atoms with Gasteiger partial charge in [0.05, 0.1) is 11.7 Å². The molecule has 194 valence electrons. The zero-order chi connectivity index (χ0) is 25.9. The number of ether oxygens (including phenoxy) is 1. The van der Waals surface area contributed by atoms with E-state index in [2.05, 4.69) is 6.92 Å². The molecule has 0 heterocycles. The van der Waals surface area contributed by atoms with Crippen LogP contribution in [0, 0.1) is 28.6 Å². The number of halogens is 1. The number of aliphatic hydroxyl groups is 2. The molecule has 0 aromatic heterocycles. The molecule has 36 heavy (non-hydrogen) atoms. The summed E-state index contributed by atoms with van der Waals surface area (Å²) < 4.78 is 5.33. The molecule has 1 aromatic rings. The highest BCUT2D eigenvalue weighted by Gasteiger charge is 2.68. The first-order valence-electron chi connectivity index (χ1n) is 13.0. The van der Waals surface area contributed by atoms with Gasteiger partial charge in [0.2, 0.25) is 5.78 Å². The van der Waals surface area contributed by atoms with Crippen LogP contribution in [0.5, 0.6) is 0 Å². The van der Waals surface area contributed by atoms with E-state index >= 15 is 0 Å². The van der Waals surface area contributed by atoms with Gasteiger partial charge in [0.15, 0.2) is 12.4 Å². The highest BCUT2D eigenvalue weighted by atomic mass is 35.5. The molecule has 4 aliphatic rings. The van der Waals surface area contributed by atoms with Crippen molar-refractivity contribution in [1.29, 1.82) is 0 Å². The van der Waals surface area contributed by atoms with Gasteiger partial charge in [-0.25, -0.2) is 4.79 Å². The molecule has 7 heteroatoms. The summed E-state index contributed by atoms with van der Waals surface area (Å²) in [6, 6.07) is 6.74. The van der Waals surface area contributed by atoms with Gasteiger partial charge in [-0.1, -0.05) is 31.6 Å². The Morgan fingerprint density at radius 1 is 1.17 bits per heavy atom. The van der Waals surface area contributed by atoms with E-state index < -0.39 is 35.5 Å². The third-order valence-electron chi connectivity index (χ3n) is 10.2. The predicted molar refractivity (Wildman–Crippen MR) is 134 cm³/mol. The Labute approximate surface area is 217 Å². The number of hydrogen-bond acceptors (Lipinski definition) is 6. The number of allylic oxidation sites excluding steroid dienone is 1. The number of Topliss-reactive ketones (excluding diaryl/α,β-unsaturated/α-hetero) is 1.